The number of fused-ring (bicyclic) bond motifs is 1. The molecule has 1 fully saturated rings. The fraction of sp³-hybridized carbons (Fsp3) is 0.304. The Balaban J connectivity index is 1.67. The van der Waals surface area contributed by atoms with E-state index in [1.807, 2.05) is 6.07 Å². The summed E-state index contributed by atoms with van der Waals surface area (Å²) in [6.45, 7) is 0. The summed E-state index contributed by atoms with van der Waals surface area (Å²) in [5.41, 5.74) is 2.54. The molecule has 0 spiro atoms. The molecule has 2 aromatic carbocycles. The Morgan fingerprint density at radius 2 is 1.79 bits per heavy atom. The first-order valence-electron chi connectivity index (χ1n) is 9.95. The number of nitrogens with one attached hydrogen (secondary N) is 3. The number of carbonyl (C=O) groups is 2. The van der Waals surface area contributed by atoms with Gasteiger partial charge in [0.15, 0.2) is 6.17 Å². The highest BCUT2D eigenvalue weighted by molar-refractivity contribution is 6.08. The van der Waals surface area contributed by atoms with Crippen LogP contribution in [0.5, 0.6) is 0 Å². The molecule has 4 rings (SSSR count). The van der Waals surface area contributed by atoms with Crippen LogP contribution in [0, 0.1) is 0 Å². The van der Waals surface area contributed by atoms with Gasteiger partial charge in [-0.25, -0.2) is 4.39 Å². The van der Waals surface area contributed by atoms with E-state index in [-0.39, 0.29) is 17.9 Å². The van der Waals surface area contributed by atoms with Gasteiger partial charge in [-0.2, -0.15) is 0 Å². The summed E-state index contributed by atoms with van der Waals surface area (Å²) in [6, 6.07) is 11.9. The van der Waals surface area contributed by atoms with Crippen molar-refractivity contribution in [2.75, 3.05) is 7.05 Å². The SMILES string of the molecule is CNC(=O)c1ccc(C(F)c2cccc3[nH]cc(C(=O)NC4CCCC4)c23)cc1. The highest BCUT2D eigenvalue weighted by Crippen LogP contribution is 2.34. The first kappa shape index (κ1) is 19.2. The molecule has 0 saturated heterocycles. The number of aromatic nitrogens is 1. The van der Waals surface area contributed by atoms with Crippen LogP contribution in [0.2, 0.25) is 0 Å². The van der Waals surface area contributed by atoms with Gasteiger partial charge in [0, 0.05) is 41.3 Å². The number of rotatable bonds is 5. The van der Waals surface area contributed by atoms with Gasteiger partial charge < -0.3 is 15.6 Å². The van der Waals surface area contributed by atoms with E-state index in [4.69, 9.17) is 0 Å². The zero-order valence-electron chi connectivity index (χ0n) is 16.3. The maximum absolute atomic E-state index is 15.5. The lowest BCUT2D eigenvalue weighted by Crippen LogP contribution is -2.32. The third-order valence-electron chi connectivity index (χ3n) is 5.64. The number of hydrogen-bond acceptors (Lipinski definition) is 2. The highest BCUT2D eigenvalue weighted by atomic mass is 19.1. The molecular formula is C23H24FN3O2. The van der Waals surface area contributed by atoms with Crippen LogP contribution in [0.25, 0.3) is 10.9 Å². The van der Waals surface area contributed by atoms with Crippen LogP contribution in [0.4, 0.5) is 4.39 Å². The van der Waals surface area contributed by atoms with Crippen LogP contribution in [0.1, 0.15) is 63.7 Å². The van der Waals surface area contributed by atoms with E-state index < -0.39 is 6.17 Å². The molecule has 1 aliphatic carbocycles. The zero-order valence-corrected chi connectivity index (χ0v) is 16.3. The molecule has 1 aliphatic rings. The summed E-state index contributed by atoms with van der Waals surface area (Å²) in [5.74, 6) is -0.386. The molecule has 150 valence electrons. The smallest absolute Gasteiger partial charge is 0.253 e. The Morgan fingerprint density at radius 3 is 2.48 bits per heavy atom. The van der Waals surface area contributed by atoms with Crippen LogP contribution < -0.4 is 10.6 Å². The summed E-state index contributed by atoms with van der Waals surface area (Å²) in [5, 5.41) is 6.23. The summed E-state index contributed by atoms with van der Waals surface area (Å²) >= 11 is 0. The average Bonchev–Trinajstić information content (AvgIpc) is 3.42. The number of H-pyrrole nitrogens is 1. The largest absolute Gasteiger partial charge is 0.360 e. The molecule has 0 radical (unpaired) electrons. The molecule has 1 unspecified atom stereocenters. The van der Waals surface area contributed by atoms with Crippen LogP contribution in [-0.4, -0.2) is 29.9 Å². The maximum Gasteiger partial charge on any atom is 0.253 e. The van der Waals surface area contributed by atoms with Gasteiger partial charge in [-0.1, -0.05) is 37.1 Å². The van der Waals surface area contributed by atoms with Crippen LogP contribution in [0.3, 0.4) is 0 Å². The van der Waals surface area contributed by atoms with Gasteiger partial charge in [-0.15, -0.1) is 0 Å². The van der Waals surface area contributed by atoms with E-state index in [9.17, 15) is 9.59 Å². The second-order valence-electron chi connectivity index (χ2n) is 7.49. The normalized spacial score (nSPS) is 15.4. The molecule has 1 saturated carbocycles. The Hall–Kier alpha value is -3.15. The first-order chi connectivity index (χ1) is 14.1. The monoisotopic (exact) mass is 393 g/mol. The Morgan fingerprint density at radius 1 is 1.07 bits per heavy atom. The van der Waals surface area contributed by atoms with E-state index in [1.165, 1.54) is 0 Å². The molecule has 3 N–H and O–H groups in total. The molecule has 5 nitrogen and oxygen atoms in total. The zero-order chi connectivity index (χ0) is 20.4. The van der Waals surface area contributed by atoms with Crippen molar-refractivity contribution >= 4 is 22.7 Å². The fourth-order valence-corrected chi connectivity index (χ4v) is 4.06. The third-order valence-corrected chi connectivity index (χ3v) is 5.64. The number of halogens is 1. The summed E-state index contributed by atoms with van der Waals surface area (Å²) in [6.07, 6.45) is 4.48. The van der Waals surface area contributed by atoms with E-state index in [1.54, 1.807) is 49.6 Å². The maximum atomic E-state index is 15.5. The first-order valence-corrected chi connectivity index (χ1v) is 9.95. The van der Waals surface area contributed by atoms with Crippen molar-refractivity contribution in [3.8, 4) is 0 Å². The molecule has 3 aromatic rings. The number of alkyl halides is 1. The van der Waals surface area contributed by atoms with Gasteiger partial charge in [-0.3, -0.25) is 9.59 Å². The van der Waals surface area contributed by atoms with E-state index in [2.05, 4.69) is 15.6 Å². The number of aromatic amines is 1. The van der Waals surface area contributed by atoms with Gasteiger partial charge >= 0.3 is 0 Å². The molecule has 1 aromatic heterocycles. The minimum absolute atomic E-state index is 0.169. The van der Waals surface area contributed by atoms with Gasteiger partial charge in [0.1, 0.15) is 0 Å². The van der Waals surface area contributed by atoms with Crippen LogP contribution >= 0.6 is 0 Å². The van der Waals surface area contributed by atoms with Gasteiger partial charge in [0.25, 0.3) is 11.8 Å². The molecular weight excluding hydrogens is 369 g/mol. The predicted octanol–water partition coefficient (Wildman–Crippen LogP) is 4.26. The minimum atomic E-state index is -1.41. The quantitative estimate of drug-likeness (QED) is 0.606. The van der Waals surface area contributed by atoms with E-state index >= 15 is 4.39 Å². The van der Waals surface area contributed by atoms with Crippen molar-refractivity contribution in [3.05, 3.63) is 70.9 Å². The van der Waals surface area contributed by atoms with Gasteiger partial charge in [0.05, 0.1) is 5.56 Å². The minimum Gasteiger partial charge on any atom is -0.360 e. The fourth-order valence-electron chi connectivity index (χ4n) is 4.06. The average molecular weight is 393 g/mol. The molecule has 0 aliphatic heterocycles. The summed E-state index contributed by atoms with van der Waals surface area (Å²) in [4.78, 5) is 27.6. The van der Waals surface area contributed by atoms with Crippen molar-refractivity contribution in [1.82, 2.24) is 15.6 Å². The predicted molar refractivity (Wildman–Crippen MR) is 111 cm³/mol. The standard InChI is InChI=1S/C23H24FN3O2/c1-25-22(28)15-11-9-14(10-12-15)21(24)17-7-4-8-19-20(17)18(13-26-19)23(29)27-16-5-2-3-6-16/h4,7-13,16,21,26H,2-3,5-6H2,1H3,(H,25,28)(H,27,29). The lowest BCUT2D eigenvalue weighted by atomic mass is 9.96. The topological polar surface area (TPSA) is 74.0 Å². The number of carbonyl (C=O) groups excluding carboxylic acids is 2. The van der Waals surface area contributed by atoms with Crippen molar-refractivity contribution in [3.63, 3.8) is 0 Å². The summed E-state index contributed by atoms with van der Waals surface area (Å²) in [7, 11) is 1.55. The third kappa shape index (κ3) is 3.75. The van der Waals surface area contributed by atoms with Crippen molar-refractivity contribution in [2.24, 2.45) is 0 Å². The Kier molecular flexibility index (Phi) is 5.34. The second-order valence-corrected chi connectivity index (χ2v) is 7.49. The van der Waals surface area contributed by atoms with Crippen molar-refractivity contribution in [1.29, 1.82) is 0 Å². The highest BCUT2D eigenvalue weighted by Gasteiger charge is 2.24. The number of amides is 2. The van der Waals surface area contributed by atoms with Crippen LogP contribution in [-0.2, 0) is 0 Å². The molecule has 0 bridgehead atoms. The van der Waals surface area contributed by atoms with Crippen molar-refractivity contribution in [2.45, 2.75) is 37.9 Å². The van der Waals surface area contributed by atoms with E-state index in [0.29, 0.717) is 27.6 Å². The van der Waals surface area contributed by atoms with Gasteiger partial charge in [-0.05, 0) is 36.6 Å². The molecule has 29 heavy (non-hydrogen) atoms. The molecule has 6 heteroatoms. The van der Waals surface area contributed by atoms with E-state index in [0.717, 1.165) is 31.2 Å². The molecule has 1 atom stereocenters. The van der Waals surface area contributed by atoms with Crippen molar-refractivity contribution < 1.29 is 14.0 Å². The lowest BCUT2D eigenvalue weighted by molar-refractivity contribution is 0.0937. The molecule has 1 heterocycles. The molecule has 2 amide bonds. The lowest BCUT2D eigenvalue weighted by Gasteiger charge is -2.14. The van der Waals surface area contributed by atoms with Crippen LogP contribution in [0.15, 0.2) is 48.7 Å². The Bertz CT molecular complexity index is 1040. The number of hydrogen-bond donors (Lipinski definition) is 3. The summed E-state index contributed by atoms with van der Waals surface area (Å²) < 4.78 is 15.5. The number of benzene rings is 2. The second kappa shape index (κ2) is 8.07. The van der Waals surface area contributed by atoms with Gasteiger partial charge in [0.2, 0.25) is 0 Å². The Labute approximate surface area is 168 Å².